The first-order valence-corrected chi connectivity index (χ1v) is 7.58. The van der Waals surface area contributed by atoms with Crippen LogP contribution in [0.5, 0.6) is 0 Å². The maximum atomic E-state index is 11.7. The smallest absolute Gasteiger partial charge is 0.407 e. The van der Waals surface area contributed by atoms with Gasteiger partial charge in [-0.05, 0) is 17.9 Å². The Hall–Kier alpha value is -2.57. The van der Waals surface area contributed by atoms with Gasteiger partial charge in [-0.1, -0.05) is 43.2 Å². The van der Waals surface area contributed by atoms with Crippen LogP contribution >= 0.6 is 0 Å². The number of rotatable bonds is 8. The van der Waals surface area contributed by atoms with Gasteiger partial charge >= 0.3 is 6.09 Å². The summed E-state index contributed by atoms with van der Waals surface area (Å²) in [5, 5.41) is 4.87. The van der Waals surface area contributed by atoms with Gasteiger partial charge in [-0.2, -0.15) is 0 Å². The molecule has 1 aromatic rings. The Morgan fingerprint density at radius 2 is 1.91 bits per heavy atom. The number of hydrogen-bond acceptors (Lipinski definition) is 4. The number of ether oxygens (including phenoxy) is 1. The Bertz CT molecular complexity index is 558. The SMILES string of the molecule is NC(=O)[C@@H](CC1CC1)NC(=O)CNC(=O)OCc1ccccc1. The minimum absolute atomic E-state index is 0.125. The first kappa shape index (κ1) is 16.8. The van der Waals surface area contributed by atoms with E-state index >= 15 is 0 Å². The van der Waals surface area contributed by atoms with Gasteiger partial charge in [0.1, 0.15) is 19.2 Å². The second-order valence-electron chi connectivity index (χ2n) is 5.62. The van der Waals surface area contributed by atoms with Gasteiger partial charge in [0.15, 0.2) is 0 Å². The number of alkyl carbamates (subject to hydrolysis) is 1. The molecule has 7 heteroatoms. The molecule has 1 atom stereocenters. The molecule has 1 saturated carbocycles. The second-order valence-corrected chi connectivity index (χ2v) is 5.62. The molecule has 1 aliphatic carbocycles. The molecule has 0 aromatic heterocycles. The van der Waals surface area contributed by atoms with Gasteiger partial charge in [-0.3, -0.25) is 9.59 Å². The fraction of sp³-hybridized carbons (Fsp3) is 0.438. The number of nitrogens with one attached hydrogen (secondary N) is 2. The Balaban J connectivity index is 1.66. The number of carbonyl (C=O) groups is 3. The van der Waals surface area contributed by atoms with Crippen molar-refractivity contribution in [1.29, 1.82) is 0 Å². The van der Waals surface area contributed by atoms with Gasteiger partial charge < -0.3 is 21.1 Å². The molecule has 2 rings (SSSR count). The van der Waals surface area contributed by atoms with Crippen LogP contribution in [-0.4, -0.2) is 30.5 Å². The van der Waals surface area contributed by atoms with Crippen molar-refractivity contribution in [2.75, 3.05) is 6.54 Å². The number of benzene rings is 1. The van der Waals surface area contributed by atoms with Crippen LogP contribution in [0.25, 0.3) is 0 Å². The highest BCUT2D eigenvalue weighted by atomic mass is 16.5. The highest BCUT2D eigenvalue weighted by Crippen LogP contribution is 2.33. The fourth-order valence-corrected chi connectivity index (χ4v) is 2.11. The molecule has 0 saturated heterocycles. The largest absolute Gasteiger partial charge is 0.445 e. The van der Waals surface area contributed by atoms with Crippen LogP contribution in [-0.2, 0) is 20.9 Å². The molecule has 0 spiro atoms. The van der Waals surface area contributed by atoms with Gasteiger partial charge in [0.25, 0.3) is 0 Å². The minimum Gasteiger partial charge on any atom is -0.445 e. The quantitative estimate of drug-likeness (QED) is 0.654. The van der Waals surface area contributed by atoms with E-state index in [-0.39, 0.29) is 13.2 Å². The number of carbonyl (C=O) groups excluding carboxylic acids is 3. The number of amides is 3. The van der Waals surface area contributed by atoms with Crippen LogP contribution in [0.4, 0.5) is 4.79 Å². The van der Waals surface area contributed by atoms with Crippen LogP contribution in [0.2, 0.25) is 0 Å². The molecule has 23 heavy (non-hydrogen) atoms. The Kier molecular flexibility index (Phi) is 5.96. The predicted octanol–water partition coefficient (Wildman–Crippen LogP) is 0.683. The van der Waals surface area contributed by atoms with Gasteiger partial charge in [0, 0.05) is 0 Å². The molecule has 4 N–H and O–H groups in total. The second kappa shape index (κ2) is 8.17. The van der Waals surface area contributed by atoms with E-state index in [9.17, 15) is 14.4 Å². The van der Waals surface area contributed by atoms with Gasteiger partial charge in [0.05, 0.1) is 0 Å². The zero-order chi connectivity index (χ0) is 16.7. The van der Waals surface area contributed by atoms with Crippen LogP contribution in [0.3, 0.4) is 0 Å². The number of primary amides is 1. The number of hydrogen-bond donors (Lipinski definition) is 3. The summed E-state index contributed by atoms with van der Waals surface area (Å²) in [5.41, 5.74) is 6.12. The van der Waals surface area contributed by atoms with Gasteiger partial charge in [0.2, 0.25) is 11.8 Å². The lowest BCUT2D eigenvalue weighted by Gasteiger charge is -2.15. The molecular formula is C16H21N3O4. The molecule has 124 valence electrons. The van der Waals surface area contributed by atoms with Crippen molar-refractivity contribution in [3.8, 4) is 0 Å². The van der Waals surface area contributed by atoms with Crippen LogP contribution < -0.4 is 16.4 Å². The zero-order valence-electron chi connectivity index (χ0n) is 12.8. The summed E-state index contributed by atoms with van der Waals surface area (Å²) in [6, 6.07) is 8.52. The van der Waals surface area contributed by atoms with E-state index in [2.05, 4.69) is 10.6 Å². The molecule has 1 fully saturated rings. The molecule has 0 heterocycles. The average molecular weight is 319 g/mol. The van der Waals surface area contributed by atoms with E-state index in [4.69, 9.17) is 10.5 Å². The van der Waals surface area contributed by atoms with Crippen molar-refractivity contribution in [3.05, 3.63) is 35.9 Å². The Morgan fingerprint density at radius 1 is 1.22 bits per heavy atom. The normalized spacial score (nSPS) is 14.6. The van der Waals surface area contributed by atoms with E-state index in [0.717, 1.165) is 18.4 Å². The van der Waals surface area contributed by atoms with Crippen molar-refractivity contribution in [2.24, 2.45) is 11.7 Å². The van der Waals surface area contributed by atoms with Crippen molar-refractivity contribution >= 4 is 17.9 Å². The summed E-state index contributed by atoms with van der Waals surface area (Å²) in [5.74, 6) is -0.570. The van der Waals surface area contributed by atoms with Gasteiger partial charge in [-0.15, -0.1) is 0 Å². The minimum atomic E-state index is -0.693. The van der Waals surface area contributed by atoms with Crippen LogP contribution in [0.1, 0.15) is 24.8 Å². The van der Waals surface area contributed by atoms with E-state index in [1.54, 1.807) is 0 Å². The Morgan fingerprint density at radius 3 is 2.52 bits per heavy atom. The molecule has 0 bridgehead atoms. The molecule has 1 aliphatic rings. The summed E-state index contributed by atoms with van der Waals surface area (Å²) < 4.78 is 4.98. The van der Waals surface area contributed by atoms with E-state index in [0.29, 0.717) is 12.3 Å². The van der Waals surface area contributed by atoms with Crippen molar-refractivity contribution in [3.63, 3.8) is 0 Å². The number of nitrogens with two attached hydrogens (primary N) is 1. The molecule has 0 unspecified atom stereocenters. The third-order valence-electron chi connectivity index (χ3n) is 3.55. The molecule has 0 radical (unpaired) electrons. The fourth-order valence-electron chi connectivity index (χ4n) is 2.11. The van der Waals surface area contributed by atoms with Crippen molar-refractivity contribution < 1.29 is 19.1 Å². The first-order chi connectivity index (χ1) is 11.0. The summed E-state index contributed by atoms with van der Waals surface area (Å²) in [4.78, 5) is 34.6. The average Bonchev–Trinajstić information content (AvgIpc) is 3.35. The standard InChI is InChI=1S/C16H21N3O4/c17-15(21)13(8-11-6-7-11)19-14(20)9-18-16(22)23-10-12-4-2-1-3-5-12/h1-5,11,13H,6-10H2,(H2,17,21)(H,18,22)(H,19,20)/t13-/m1/s1. The highest BCUT2D eigenvalue weighted by molar-refractivity contribution is 5.88. The van der Waals surface area contributed by atoms with E-state index < -0.39 is 23.9 Å². The molecular weight excluding hydrogens is 298 g/mol. The van der Waals surface area contributed by atoms with Crippen molar-refractivity contribution in [1.82, 2.24) is 10.6 Å². The lowest BCUT2D eigenvalue weighted by molar-refractivity contribution is -0.127. The monoisotopic (exact) mass is 319 g/mol. The maximum Gasteiger partial charge on any atom is 0.407 e. The topological polar surface area (TPSA) is 111 Å². The summed E-state index contributed by atoms with van der Waals surface area (Å²) in [7, 11) is 0. The third kappa shape index (κ3) is 6.37. The Labute approximate surface area is 134 Å². The lowest BCUT2D eigenvalue weighted by atomic mass is 10.1. The van der Waals surface area contributed by atoms with Gasteiger partial charge in [-0.25, -0.2) is 4.79 Å². The maximum absolute atomic E-state index is 11.7. The molecule has 1 aromatic carbocycles. The summed E-state index contributed by atoms with van der Waals surface area (Å²) >= 11 is 0. The van der Waals surface area contributed by atoms with E-state index in [1.165, 1.54) is 0 Å². The van der Waals surface area contributed by atoms with Crippen LogP contribution in [0, 0.1) is 5.92 Å². The first-order valence-electron chi connectivity index (χ1n) is 7.58. The lowest BCUT2D eigenvalue weighted by Crippen LogP contribution is -2.48. The molecule has 0 aliphatic heterocycles. The van der Waals surface area contributed by atoms with Crippen LogP contribution in [0.15, 0.2) is 30.3 Å². The molecule has 3 amide bonds. The highest BCUT2D eigenvalue weighted by Gasteiger charge is 2.29. The van der Waals surface area contributed by atoms with Crippen molar-refractivity contribution in [2.45, 2.75) is 31.9 Å². The summed E-state index contributed by atoms with van der Waals surface area (Å²) in [6.45, 7) is -0.137. The van der Waals surface area contributed by atoms with E-state index in [1.807, 2.05) is 30.3 Å². The molecule has 7 nitrogen and oxygen atoms in total. The third-order valence-corrected chi connectivity index (χ3v) is 3.55. The summed E-state index contributed by atoms with van der Waals surface area (Å²) in [6.07, 6.45) is 1.98. The zero-order valence-corrected chi connectivity index (χ0v) is 12.8. The predicted molar refractivity (Wildman–Crippen MR) is 83.1 cm³/mol.